The summed E-state index contributed by atoms with van der Waals surface area (Å²) in [6.45, 7) is 8.06. The first-order chi connectivity index (χ1) is 12.5. The molecular weight excluding hydrogens is 326 g/mol. The number of fused-ring (bicyclic) bond motifs is 1. The van der Waals surface area contributed by atoms with Gasteiger partial charge in [0, 0.05) is 29.1 Å². The molecule has 0 spiro atoms. The maximum absolute atomic E-state index is 12.6. The van der Waals surface area contributed by atoms with E-state index in [4.69, 9.17) is 0 Å². The van der Waals surface area contributed by atoms with Crippen LogP contribution in [0.4, 0.5) is 5.69 Å². The molecule has 2 aromatic heterocycles. The second kappa shape index (κ2) is 7.64. The van der Waals surface area contributed by atoms with Crippen molar-refractivity contribution in [3.63, 3.8) is 0 Å². The molecule has 2 heterocycles. The number of benzene rings is 1. The summed E-state index contributed by atoms with van der Waals surface area (Å²) >= 11 is 0. The lowest BCUT2D eigenvalue weighted by atomic mass is 10.1. The molecule has 0 saturated heterocycles. The summed E-state index contributed by atoms with van der Waals surface area (Å²) in [7, 11) is 0. The summed E-state index contributed by atoms with van der Waals surface area (Å²) in [5.41, 5.74) is 4.64. The number of carbonyl (C=O) groups is 1. The Morgan fingerprint density at radius 2 is 1.92 bits per heavy atom. The Balaban J connectivity index is 1.86. The Labute approximate surface area is 153 Å². The monoisotopic (exact) mass is 351 g/mol. The number of carbonyl (C=O) groups excluding carboxylic acids is 1. The van der Waals surface area contributed by atoms with Crippen LogP contribution in [0.5, 0.6) is 0 Å². The molecule has 0 aliphatic heterocycles. The first-order valence-electron chi connectivity index (χ1n) is 9.13. The normalized spacial score (nSPS) is 11.1. The third-order valence-electron chi connectivity index (χ3n) is 4.58. The van der Waals surface area contributed by atoms with Crippen molar-refractivity contribution in [1.82, 2.24) is 19.6 Å². The van der Waals surface area contributed by atoms with Gasteiger partial charge in [-0.3, -0.25) is 4.79 Å². The van der Waals surface area contributed by atoms with Gasteiger partial charge in [-0.25, -0.2) is 9.50 Å². The molecule has 0 unspecified atom stereocenters. The second-order valence-electron chi connectivity index (χ2n) is 6.49. The van der Waals surface area contributed by atoms with Gasteiger partial charge in [0.15, 0.2) is 5.82 Å². The lowest BCUT2D eigenvalue weighted by molar-refractivity contribution is -0.115. The maximum Gasteiger partial charge on any atom is 0.252 e. The number of aromatic nitrogens is 4. The van der Waals surface area contributed by atoms with Crippen molar-refractivity contribution in [2.24, 2.45) is 0 Å². The Morgan fingerprint density at radius 1 is 1.15 bits per heavy atom. The van der Waals surface area contributed by atoms with Gasteiger partial charge < -0.3 is 5.32 Å². The molecule has 0 radical (unpaired) electrons. The molecule has 6 nitrogen and oxygen atoms in total. The van der Waals surface area contributed by atoms with Gasteiger partial charge in [-0.15, -0.1) is 5.10 Å². The molecule has 0 bridgehead atoms. The van der Waals surface area contributed by atoms with E-state index >= 15 is 0 Å². The van der Waals surface area contributed by atoms with Gasteiger partial charge >= 0.3 is 0 Å². The number of hydrogen-bond acceptors (Lipinski definition) is 4. The molecule has 3 rings (SSSR count). The van der Waals surface area contributed by atoms with Gasteiger partial charge in [0.1, 0.15) is 0 Å². The van der Waals surface area contributed by atoms with E-state index in [1.54, 1.807) is 4.52 Å². The molecular formula is C20H25N5O. The molecule has 0 saturated carbocycles. The van der Waals surface area contributed by atoms with Crippen LogP contribution in [0.3, 0.4) is 0 Å². The van der Waals surface area contributed by atoms with Gasteiger partial charge in [-0.05, 0) is 38.3 Å². The Kier molecular flexibility index (Phi) is 5.30. The van der Waals surface area contributed by atoms with E-state index in [2.05, 4.69) is 34.2 Å². The van der Waals surface area contributed by atoms with Crippen LogP contribution in [-0.4, -0.2) is 25.5 Å². The molecule has 1 amide bonds. The van der Waals surface area contributed by atoms with Crippen molar-refractivity contribution < 1.29 is 4.79 Å². The van der Waals surface area contributed by atoms with E-state index in [9.17, 15) is 4.79 Å². The van der Waals surface area contributed by atoms with Crippen LogP contribution in [0.2, 0.25) is 0 Å². The molecule has 6 heteroatoms. The van der Waals surface area contributed by atoms with E-state index in [0.29, 0.717) is 5.78 Å². The number of anilines is 1. The average molecular weight is 351 g/mol. The van der Waals surface area contributed by atoms with E-state index in [1.807, 2.05) is 38.1 Å². The van der Waals surface area contributed by atoms with Crippen LogP contribution < -0.4 is 5.32 Å². The highest BCUT2D eigenvalue weighted by molar-refractivity contribution is 5.93. The number of nitrogens with zero attached hydrogens (tertiary/aromatic N) is 4. The molecule has 3 aromatic rings. The zero-order chi connectivity index (χ0) is 18.7. The zero-order valence-corrected chi connectivity index (χ0v) is 15.8. The number of amides is 1. The van der Waals surface area contributed by atoms with Crippen molar-refractivity contribution in [2.75, 3.05) is 5.32 Å². The first-order valence-corrected chi connectivity index (χ1v) is 9.13. The minimum absolute atomic E-state index is 0.0489. The van der Waals surface area contributed by atoms with Gasteiger partial charge in [-0.1, -0.05) is 32.0 Å². The van der Waals surface area contributed by atoms with Gasteiger partial charge in [0.2, 0.25) is 5.91 Å². The summed E-state index contributed by atoms with van der Waals surface area (Å²) in [4.78, 5) is 21.6. The molecule has 0 atom stereocenters. The lowest BCUT2D eigenvalue weighted by Crippen LogP contribution is -2.18. The third-order valence-corrected chi connectivity index (χ3v) is 4.58. The molecule has 1 N–H and O–H groups in total. The van der Waals surface area contributed by atoms with Crippen molar-refractivity contribution in [1.29, 1.82) is 0 Å². The summed E-state index contributed by atoms with van der Waals surface area (Å²) < 4.78 is 1.75. The van der Waals surface area contributed by atoms with E-state index in [1.165, 1.54) is 0 Å². The van der Waals surface area contributed by atoms with Crippen LogP contribution in [0.15, 0.2) is 24.3 Å². The fourth-order valence-corrected chi connectivity index (χ4v) is 3.14. The second-order valence-corrected chi connectivity index (χ2v) is 6.49. The molecule has 136 valence electrons. The largest absolute Gasteiger partial charge is 0.326 e. The molecule has 0 aliphatic carbocycles. The number of para-hydroxylation sites is 1. The maximum atomic E-state index is 12.6. The highest BCUT2D eigenvalue weighted by atomic mass is 16.1. The topological polar surface area (TPSA) is 72.2 Å². The zero-order valence-electron chi connectivity index (χ0n) is 15.8. The fraction of sp³-hybridized carbons (Fsp3) is 0.400. The molecule has 26 heavy (non-hydrogen) atoms. The predicted molar refractivity (Wildman–Crippen MR) is 102 cm³/mol. The minimum atomic E-state index is -0.0489. The van der Waals surface area contributed by atoms with Gasteiger partial charge in [0.05, 0.1) is 6.42 Å². The SMILES string of the molecule is CCCc1nc2nc(C)c(CC(=O)Nc3ccccc3CC)c(C)n2n1. The number of hydrogen-bond donors (Lipinski definition) is 1. The van der Waals surface area contributed by atoms with Crippen molar-refractivity contribution >= 4 is 17.4 Å². The lowest BCUT2D eigenvalue weighted by Gasteiger charge is -2.12. The Hall–Kier alpha value is -2.76. The van der Waals surface area contributed by atoms with E-state index < -0.39 is 0 Å². The molecule has 0 fully saturated rings. The third kappa shape index (κ3) is 3.59. The van der Waals surface area contributed by atoms with Gasteiger partial charge in [0.25, 0.3) is 5.78 Å². The Morgan fingerprint density at radius 3 is 2.65 bits per heavy atom. The molecule has 0 aliphatic rings. The average Bonchev–Trinajstić information content (AvgIpc) is 3.02. The number of aryl methyl sites for hydroxylation is 4. The Bertz CT molecular complexity index is 945. The minimum Gasteiger partial charge on any atom is -0.326 e. The summed E-state index contributed by atoms with van der Waals surface area (Å²) in [6.07, 6.45) is 2.95. The summed E-state index contributed by atoms with van der Waals surface area (Å²) in [5, 5.41) is 7.56. The number of rotatable bonds is 6. The first kappa shape index (κ1) is 18.0. The quantitative estimate of drug-likeness (QED) is 0.738. The van der Waals surface area contributed by atoms with Crippen molar-refractivity contribution in [2.45, 2.75) is 53.4 Å². The molecule has 1 aromatic carbocycles. The standard InChI is InChI=1S/C20H25N5O/c1-5-9-18-23-20-21-13(3)16(14(4)25(20)24-18)12-19(26)22-17-11-8-7-10-15(17)6-2/h7-8,10-11H,5-6,9,12H2,1-4H3,(H,22,26). The van der Waals surface area contributed by atoms with Crippen LogP contribution in [-0.2, 0) is 24.1 Å². The van der Waals surface area contributed by atoms with Crippen molar-refractivity contribution in [3.05, 3.63) is 52.6 Å². The van der Waals surface area contributed by atoms with Crippen molar-refractivity contribution in [3.8, 4) is 0 Å². The summed E-state index contributed by atoms with van der Waals surface area (Å²) in [6, 6.07) is 7.89. The van der Waals surface area contributed by atoms with Crippen LogP contribution >= 0.6 is 0 Å². The summed E-state index contributed by atoms with van der Waals surface area (Å²) in [5.74, 6) is 1.34. The van der Waals surface area contributed by atoms with E-state index in [-0.39, 0.29) is 12.3 Å². The van der Waals surface area contributed by atoms with Crippen LogP contribution in [0.1, 0.15) is 48.6 Å². The number of nitrogens with one attached hydrogen (secondary N) is 1. The van der Waals surface area contributed by atoms with E-state index in [0.717, 1.165) is 53.3 Å². The van der Waals surface area contributed by atoms with Gasteiger partial charge in [-0.2, -0.15) is 4.98 Å². The smallest absolute Gasteiger partial charge is 0.252 e. The van der Waals surface area contributed by atoms with Crippen LogP contribution in [0, 0.1) is 13.8 Å². The highest BCUT2D eigenvalue weighted by Gasteiger charge is 2.16. The predicted octanol–water partition coefficient (Wildman–Crippen LogP) is 3.44. The van der Waals surface area contributed by atoms with Crippen LogP contribution in [0.25, 0.3) is 5.78 Å². The fourth-order valence-electron chi connectivity index (χ4n) is 3.14. The highest BCUT2D eigenvalue weighted by Crippen LogP contribution is 2.18.